The number of benzene rings is 1. The maximum atomic E-state index is 12.2. The van der Waals surface area contributed by atoms with Crippen LogP contribution in [0.15, 0.2) is 39.0 Å². The van der Waals surface area contributed by atoms with Gasteiger partial charge in [0.05, 0.1) is 11.6 Å². The maximum Gasteiger partial charge on any atom is 0.242 e. The molecule has 0 unspecified atom stereocenters. The molecule has 0 aliphatic heterocycles. The maximum absolute atomic E-state index is 12.2. The van der Waals surface area contributed by atoms with Crippen LogP contribution >= 0.6 is 38.9 Å². The van der Waals surface area contributed by atoms with E-state index >= 15 is 0 Å². The summed E-state index contributed by atoms with van der Waals surface area (Å²) in [5, 5.41) is 11.1. The Kier molecular flexibility index (Phi) is 5.22. The molecule has 0 atom stereocenters. The Morgan fingerprint density at radius 2 is 2.10 bits per heavy atom. The second-order valence-corrected chi connectivity index (χ2v) is 7.94. The minimum atomic E-state index is -3.72. The van der Waals surface area contributed by atoms with Gasteiger partial charge in [0, 0.05) is 15.9 Å². The van der Waals surface area contributed by atoms with Crippen LogP contribution in [0.5, 0.6) is 0 Å². The summed E-state index contributed by atoms with van der Waals surface area (Å²) in [4.78, 5) is 0.849. The quantitative estimate of drug-likeness (QED) is 0.816. The lowest BCUT2D eigenvalue weighted by Gasteiger charge is -2.09. The van der Waals surface area contributed by atoms with Gasteiger partial charge < -0.3 is 5.11 Å². The fraction of sp³-hybridized carbons (Fsp3) is 0.167. The van der Waals surface area contributed by atoms with E-state index in [0.29, 0.717) is 5.56 Å². The Bertz CT molecular complexity index is 715. The molecule has 2 aromatic rings. The first kappa shape index (κ1) is 15.9. The molecule has 2 rings (SSSR count). The van der Waals surface area contributed by atoms with E-state index in [4.69, 9.17) is 16.7 Å². The predicted octanol–water partition coefficient (Wildman–Crippen LogP) is 3.13. The van der Waals surface area contributed by atoms with Gasteiger partial charge in [0.25, 0.3) is 0 Å². The van der Waals surface area contributed by atoms with E-state index in [1.54, 1.807) is 6.07 Å². The predicted molar refractivity (Wildman–Crippen MR) is 83.4 cm³/mol. The van der Waals surface area contributed by atoms with E-state index in [1.165, 1.54) is 23.5 Å². The highest BCUT2D eigenvalue weighted by Gasteiger charge is 2.19. The lowest BCUT2D eigenvalue weighted by atomic mass is 10.2. The molecule has 1 heterocycles. The van der Waals surface area contributed by atoms with Gasteiger partial charge in [-0.2, -0.15) is 0 Å². The zero-order chi connectivity index (χ0) is 14.8. The van der Waals surface area contributed by atoms with Crippen LogP contribution in [0.3, 0.4) is 0 Å². The third-order valence-corrected chi connectivity index (χ3v) is 6.39. The van der Waals surface area contributed by atoms with E-state index in [9.17, 15) is 8.42 Å². The van der Waals surface area contributed by atoms with Gasteiger partial charge in [-0.3, -0.25) is 0 Å². The minimum Gasteiger partial charge on any atom is -0.392 e. The summed E-state index contributed by atoms with van der Waals surface area (Å²) in [6.07, 6.45) is 0. The van der Waals surface area contributed by atoms with Crippen LogP contribution in [-0.2, 0) is 23.2 Å². The van der Waals surface area contributed by atoms with Crippen molar-refractivity contribution >= 4 is 48.9 Å². The molecule has 0 amide bonds. The summed E-state index contributed by atoms with van der Waals surface area (Å²) in [6.45, 7) is -0.0591. The van der Waals surface area contributed by atoms with Crippen molar-refractivity contribution in [2.24, 2.45) is 0 Å². The number of nitrogens with one attached hydrogen (secondary N) is 1. The van der Waals surface area contributed by atoms with Crippen molar-refractivity contribution in [3.05, 3.63) is 49.6 Å². The highest BCUT2D eigenvalue weighted by atomic mass is 79.9. The molecule has 8 heteroatoms. The van der Waals surface area contributed by atoms with Crippen LogP contribution in [0.25, 0.3) is 0 Å². The van der Waals surface area contributed by atoms with E-state index in [-0.39, 0.29) is 23.1 Å². The first-order valence-corrected chi connectivity index (χ1v) is 9.08. The zero-order valence-corrected chi connectivity index (χ0v) is 14.1. The molecule has 1 aromatic carbocycles. The molecular formula is C12H11BrClNO3S2. The molecule has 108 valence electrons. The number of rotatable bonds is 5. The molecule has 0 bridgehead atoms. The van der Waals surface area contributed by atoms with Gasteiger partial charge in [0.15, 0.2) is 0 Å². The number of aliphatic hydroxyl groups is 1. The first-order chi connectivity index (χ1) is 9.44. The molecule has 0 fully saturated rings. The smallest absolute Gasteiger partial charge is 0.242 e. The fourth-order valence-corrected chi connectivity index (χ4v) is 4.61. The molecule has 4 nitrogen and oxygen atoms in total. The fourth-order valence-electron chi connectivity index (χ4n) is 1.54. The van der Waals surface area contributed by atoms with E-state index in [1.807, 2.05) is 11.4 Å². The van der Waals surface area contributed by atoms with Crippen molar-refractivity contribution in [2.45, 2.75) is 18.0 Å². The molecule has 2 N–H and O–H groups in total. The number of hydrogen-bond donors (Lipinski definition) is 2. The number of thiophene rings is 1. The Hall–Kier alpha value is -0.440. The van der Waals surface area contributed by atoms with Gasteiger partial charge in [-0.25, -0.2) is 13.1 Å². The van der Waals surface area contributed by atoms with Crippen molar-refractivity contribution in [3.63, 3.8) is 0 Å². The lowest BCUT2D eigenvalue weighted by Crippen LogP contribution is -2.23. The SMILES string of the molecule is O=S(=O)(NCc1sccc1Br)c1cc(CO)ccc1Cl. The first-order valence-electron chi connectivity index (χ1n) is 5.55. The van der Waals surface area contributed by atoms with Crippen LogP contribution in [0.4, 0.5) is 0 Å². The molecule has 0 aliphatic rings. The summed E-state index contributed by atoms with van der Waals surface area (Å²) in [6, 6.07) is 6.27. The van der Waals surface area contributed by atoms with Crippen molar-refractivity contribution in [1.29, 1.82) is 0 Å². The second-order valence-electron chi connectivity index (χ2n) is 3.94. The molecule has 20 heavy (non-hydrogen) atoms. The average molecular weight is 397 g/mol. The van der Waals surface area contributed by atoms with Gasteiger partial charge in [-0.05, 0) is 45.1 Å². The van der Waals surface area contributed by atoms with Crippen LogP contribution in [0.1, 0.15) is 10.4 Å². The van der Waals surface area contributed by atoms with Crippen molar-refractivity contribution in [2.75, 3.05) is 0 Å². The number of hydrogen-bond acceptors (Lipinski definition) is 4. The third-order valence-electron chi connectivity index (χ3n) is 2.58. The molecule has 0 saturated carbocycles. The van der Waals surface area contributed by atoms with Gasteiger partial charge >= 0.3 is 0 Å². The molecule has 0 spiro atoms. The molecule has 0 aliphatic carbocycles. The summed E-state index contributed by atoms with van der Waals surface area (Å²) in [5.41, 5.74) is 0.493. The summed E-state index contributed by atoms with van der Waals surface area (Å²) in [5.74, 6) is 0. The largest absolute Gasteiger partial charge is 0.392 e. The Morgan fingerprint density at radius 1 is 1.35 bits per heavy atom. The molecule has 1 aromatic heterocycles. The third kappa shape index (κ3) is 3.60. The number of sulfonamides is 1. The van der Waals surface area contributed by atoms with Gasteiger partial charge in [-0.1, -0.05) is 17.7 Å². The van der Waals surface area contributed by atoms with Gasteiger partial charge in [0.1, 0.15) is 4.90 Å². The van der Waals surface area contributed by atoms with Crippen LogP contribution < -0.4 is 4.72 Å². The van der Waals surface area contributed by atoms with Crippen LogP contribution in [0, 0.1) is 0 Å². The molecule has 0 radical (unpaired) electrons. The Morgan fingerprint density at radius 3 is 2.70 bits per heavy atom. The van der Waals surface area contributed by atoms with E-state index in [2.05, 4.69) is 20.7 Å². The highest BCUT2D eigenvalue weighted by molar-refractivity contribution is 9.10. The second kappa shape index (κ2) is 6.55. The Labute approximate surface area is 134 Å². The number of halogens is 2. The van der Waals surface area contributed by atoms with Crippen LogP contribution in [-0.4, -0.2) is 13.5 Å². The monoisotopic (exact) mass is 395 g/mol. The van der Waals surface area contributed by atoms with Crippen LogP contribution in [0.2, 0.25) is 5.02 Å². The van der Waals surface area contributed by atoms with E-state index < -0.39 is 10.0 Å². The highest BCUT2D eigenvalue weighted by Crippen LogP contribution is 2.25. The zero-order valence-electron chi connectivity index (χ0n) is 10.1. The molecule has 0 saturated heterocycles. The average Bonchev–Trinajstić information content (AvgIpc) is 2.82. The topological polar surface area (TPSA) is 66.4 Å². The van der Waals surface area contributed by atoms with E-state index in [0.717, 1.165) is 9.35 Å². The van der Waals surface area contributed by atoms with Crippen molar-refractivity contribution in [3.8, 4) is 0 Å². The van der Waals surface area contributed by atoms with Gasteiger partial charge in [0.2, 0.25) is 10.0 Å². The van der Waals surface area contributed by atoms with Gasteiger partial charge in [-0.15, -0.1) is 11.3 Å². The summed E-state index contributed by atoms with van der Waals surface area (Å²) in [7, 11) is -3.72. The standard InChI is InChI=1S/C12H11BrClNO3S2/c13-9-3-4-19-11(9)6-15-20(17,18)12-5-8(7-16)1-2-10(12)14/h1-5,15-16H,6-7H2. The lowest BCUT2D eigenvalue weighted by molar-refractivity contribution is 0.281. The summed E-state index contributed by atoms with van der Waals surface area (Å²) < 4.78 is 27.8. The van der Waals surface area contributed by atoms with Crippen molar-refractivity contribution < 1.29 is 13.5 Å². The molecular weight excluding hydrogens is 386 g/mol. The number of aliphatic hydroxyl groups excluding tert-OH is 1. The summed E-state index contributed by atoms with van der Waals surface area (Å²) >= 11 is 10.7. The Balaban J connectivity index is 2.24. The normalized spacial score (nSPS) is 11.8. The minimum absolute atomic E-state index is 0.0293. The van der Waals surface area contributed by atoms with Crippen molar-refractivity contribution in [1.82, 2.24) is 4.72 Å².